The van der Waals surface area contributed by atoms with Crippen LogP contribution in [0.4, 0.5) is 37.2 Å². The molecule has 0 saturated carbocycles. The Morgan fingerprint density at radius 2 is 1.63 bits per heavy atom. The Morgan fingerprint density at radius 1 is 0.947 bits per heavy atom. The quantitative estimate of drug-likeness (QED) is 0.260. The van der Waals surface area contributed by atoms with Gasteiger partial charge in [-0.15, -0.1) is 0 Å². The molecule has 4 aromatic rings. The van der Waals surface area contributed by atoms with Crippen LogP contribution in [0.2, 0.25) is 0 Å². The lowest BCUT2D eigenvalue weighted by atomic mass is 10.1. The van der Waals surface area contributed by atoms with Gasteiger partial charge in [-0.3, -0.25) is 9.71 Å². The van der Waals surface area contributed by atoms with Crippen molar-refractivity contribution in [1.82, 2.24) is 9.97 Å². The van der Waals surface area contributed by atoms with Crippen LogP contribution in [0.1, 0.15) is 12.8 Å². The molecule has 13 heteroatoms. The van der Waals surface area contributed by atoms with Crippen molar-refractivity contribution in [3.05, 3.63) is 78.1 Å². The van der Waals surface area contributed by atoms with Crippen LogP contribution in [0.15, 0.2) is 59.8 Å². The SMILES string of the molecule is O=S(Nc1ccc(F)c(-c2nc(N3CCC(F)(F)CC3)sc2-c2ccncc2)c1F)c1cc(F)ccc1F. The maximum atomic E-state index is 15.8. The molecule has 5 rings (SSSR count). The molecule has 0 amide bonds. The number of nitrogens with zero attached hydrogens (tertiary/aromatic N) is 3. The van der Waals surface area contributed by atoms with Gasteiger partial charge in [0.15, 0.2) is 21.9 Å². The second-order valence-electron chi connectivity index (χ2n) is 8.48. The van der Waals surface area contributed by atoms with E-state index in [9.17, 15) is 21.8 Å². The van der Waals surface area contributed by atoms with Crippen molar-refractivity contribution < 1.29 is 30.6 Å². The van der Waals surface area contributed by atoms with Gasteiger partial charge in [0.1, 0.15) is 17.5 Å². The predicted molar refractivity (Wildman–Crippen MR) is 133 cm³/mol. The molecule has 198 valence electrons. The zero-order valence-corrected chi connectivity index (χ0v) is 21.0. The van der Waals surface area contributed by atoms with E-state index in [1.54, 1.807) is 17.0 Å². The number of halogens is 6. The van der Waals surface area contributed by atoms with E-state index < -0.39 is 56.3 Å². The average molecular weight is 569 g/mol. The highest BCUT2D eigenvalue weighted by atomic mass is 32.2. The second kappa shape index (κ2) is 10.4. The maximum absolute atomic E-state index is 15.8. The third kappa shape index (κ3) is 5.25. The van der Waals surface area contributed by atoms with E-state index in [4.69, 9.17) is 0 Å². The first-order valence-corrected chi connectivity index (χ1v) is 13.3. The van der Waals surface area contributed by atoms with Crippen molar-refractivity contribution in [2.75, 3.05) is 22.7 Å². The fourth-order valence-corrected chi connectivity index (χ4v) is 6.02. The monoisotopic (exact) mass is 568 g/mol. The van der Waals surface area contributed by atoms with Gasteiger partial charge >= 0.3 is 0 Å². The van der Waals surface area contributed by atoms with Gasteiger partial charge in [0.05, 0.1) is 26.7 Å². The molecule has 1 saturated heterocycles. The van der Waals surface area contributed by atoms with Crippen molar-refractivity contribution >= 4 is 33.1 Å². The standard InChI is InChI=1S/C25H18F6N4OS2/c26-15-1-2-16(27)19(13-15)38(36)34-18-4-3-17(28)20(21(18)29)22-23(14-5-9-32-10-6-14)37-24(33-22)35-11-7-25(30,31)8-12-35/h1-6,9-10,13,34H,7-8,11-12H2. The Bertz CT molecular complexity index is 1510. The summed E-state index contributed by atoms with van der Waals surface area (Å²) in [5, 5.41) is 0.310. The lowest BCUT2D eigenvalue weighted by Crippen LogP contribution is -2.39. The summed E-state index contributed by atoms with van der Waals surface area (Å²) in [6, 6.07) is 7.47. The summed E-state index contributed by atoms with van der Waals surface area (Å²) in [7, 11) is -2.42. The molecule has 1 aliphatic rings. The van der Waals surface area contributed by atoms with Gasteiger partial charge in [-0.2, -0.15) is 0 Å². The number of nitrogens with one attached hydrogen (secondary N) is 1. The number of thiazole rings is 1. The van der Waals surface area contributed by atoms with Crippen LogP contribution in [0, 0.1) is 23.3 Å². The second-order valence-corrected chi connectivity index (χ2v) is 10.6. The smallest absolute Gasteiger partial charge is 0.251 e. The summed E-state index contributed by atoms with van der Waals surface area (Å²) in [6.07, 6.45) is 2.22. The summed E-state index contributed by atoms with van der Waals surface area (Å²) < 4.78 is 101. The number of pyridine rings is 1. The lowest BCUT2D eigenvalue weighted by Gasteiger charge is -2.31. The number of benzene rings is 2. The highest BCUT2D eigenvalue weighted by Crippen LogP contribution is 2.44. The third-order valence-corrected chi connectivity index (χ3v) is 8.23. The highest BCUT2D eigenvalue weighted by molar-refractivity contribution is 7.86. The van der Waals surface area contributed by atoms with Crippen LogP contribution < -0.4 is 9.62 Å². The minimum absolute atomic E-state index is 0.0144. The van der Waals surface area contributed by atoms with Gasteiger partial charge in [0.2, 0.25) is 0 Å². The summed E-state index contributed by atoms with van der Waals surface area (Å²) >= 11 is 1.09. The fourth-order valence-electron chi connectivity index (χ4n) is 3.96. The molecule has 1 aliphatic heterocycles. The van der Waals surface area contributed by atoms with Crippen LogP contribution >= 0.6 is 11.3 Å². The minimum atomic E-state index is -2.79. The normalized spacial score (nSPS) is 15.9. The van der Waals surface area contributed by atoms with Crippen molar-refractivity contribution in [3.8, 4) is 21.7 Å². The Morgan fingerprint density at radius 3 is 2.34 bits per heavy atom. The number of rotatable bonds is 6. The molecule has 3 heterocycles. The maximum Gasteiger partial charge on any atom is 0.251 e. The van der Waals surface area contributed by atoms with E-state index in [0.29, 0.717) is 21.6 Å². The number of aromatic nitrogens is 2. The van der Waals surface area contributed by atoms with Crippen LogP contribution in [-0.2, 0) is 11.0 Å². The van der Waals surface area contributed by atoms with E-state index in [0.717, 1.165) is 35.6 Å². The summed E-state index contributed by atoms with van der Waals surface area (Å²) in [5.74, 6) is -6.75. The van der Waals surface area contributed by atoms with Gasteiger partial charge in [-0.1, -0.05) is 11.3 Å². The van der Waals surface area contributed by atoms with Gasteiger partial charge in [-0.05, 0) is 48.0 Å². The number of hydrogen-bond acceptors (Lipinski definition) is 5. The third-order valence-electron chi connectivity index (χ3n) is 5.95. The molecule has 5 nitrogen and oxygen atoms in total. The number of anilines is 2. The number of hydrogen-bond donors (Lipinski definition) is 1. The van der Waals surface area contributed by atoms with Crippen LogP contribution in [-0.4, -0.2) is 33.2 Å². The molecule has 0 bridgehead atoms. The topological polar surface area (TPSA) is 58.1 Å². The summed E-state index contributed by atoms with van der Waals surface area (Å²) in [6.45, 7) is 0.0287. The first-order chi connectivity index (χ1) is 18.1. The molecule has 1 unspecified atom stereocenters. The van der Waals surface area contributed by atoms with E-state index in [2.05, 4.69) is 14.7 Å². The molecule has 1 atom stereocenters. The van der Waals surface area contributed by atoms with Crippen molar-refractivity contribution in [3.63, 3.8) is 0 Å². The molecular formula is C25H18F6N4OS2. The highest BCUT2D eigenvalue weighted by Gasteiger charge is 2.35. The molecule has 2 aromatic heterocycles. The molecule has 1 N–H and O–H groups in total. The number of piperidine rings is 1. The van der Waals surface area contributed by atoms with Crippen LogP contribution in [0.3, 0.4) is 0 Å². The first-order valence-electron chi connectivity index (χ1n) is 11.3. The molecule has 1 fully saturated rings. The summed E-state index contributed by atoms with van der Waals surface area (Å²) in [4.78, 5) is 9.84. The van der Waals surface area contributed by atoms with Crippen LogP contribution in [0.25, 0.3) is 21.7 Å². The van der Waals surface area contributed by atoms with Gasteiger partial charge < -0.3 is 4.90 Å². The van der Waals surface area contributed by atoms with Gasteiger partial charge in [0, 0.05) is 38.3 Å². The van der Waals surface area contributed by atoms with Crippen LogP contribution in [0.5, 0.6) is 0 Å². The minimum Gasteiger partial charge on any atom is -0.348 e. The molecule has 0 spiro atoms. The van der Waals surface area contributed by atoms with E-state index in [1.165, 1.54) is 12.4 Å². The van der Waals surface area contributed by atoms with Gasteiger partial charge in [-0.25, -0.2) is 35.5 Å². The lowest BCUT2D eigenvalue weighted by molar-refractivity contribution is -0.0220. The van der Waals surface area contributed by atoms with E-state index >= 15 is 8.78 Å². The zero-order valence-electron chi connectivity index (χ0n) is 19.4. The van der Waals surface area contributed by atoms with Crippen molar-refractivity contribution in [2.24, 2.45) is 0 Å². The summed E-state index contributed by atoms with van der Waals surface area (Å²) in [5.41, 5.74) is -0.529. The largest absolute Gasteiger partial charge is 0.348 e. The van der Waals surface area contributed by atoms with Crippen molar-refractivity contribution in [2.45, 2.75) is 23.7 Å². The van der Waals surface area contributed by atoms with Gasteiger partial charge in [0.25, 0.3) is 5.92 Å². The van der Waals surface area contributed by atoms with Crippen molar-refractivity contribution in [1.29, 1.82) is 0 Å². The van der Waals surface area contributed by atoms with E-state index in [-0.39, 0.29) is 31.6 Å². The molecule has 38 heavy (non-hydrogen) atoms. The first kappa shape index (κ1) is 26.2. The zero-order chi connectivity index (χ0) is 27.0. The molecular weight excluding hydrogens is 550 g/mol. The Labute approximate surface area is 219 Å². The molecule has 0 radical (unpaired) electrons. The molecule has 2 aromatic carbocycles. The average Bonchev–Trinajstić information content (AvgIpc) is 3.32. The Kier molecular flexibility index (Phi) is 7.14. The predicted octanol–water partition coefficient (Wildman–Crippen LogP) is 6.80. The fraction of sp³-hybridized carbons (Fsp3) is 0.200. The Balaban J connectivity index is 1.57. The van der Waals surface area contributed by atoms with E-state index in [1.807, 2.05) is 0 Å². The Hall–Kier alpha value is -3.45. The molecule has 0 aliphatic carbocycles. The number of alkyl halides is 2.